The van der Waals surface area contributed by atoms with E-state index in [1.165, 1.54) is 11.0 Å². The number of amides is 1. The molecule has 0 aliphatic heterocycles. The zero-order chi connectivity index (χ0) is 15.4. The van der Waals surface area contributed by atoms with Gasteiger partial charge in [-0.2, -0.15) is 0 Å². The van der Waals surface area contributed by atoms with E-state index >= 15 is 0 Å². The Labute approximate surface area is 121 Å². The first-order chi connectivity index (χ1) is 9.99. The summed E-state index contributed by atoms with van der Waals surface area (Å²) in [7, 11) is 0. The molecule has 0 saturated carbocycles. The van der Waals surface area contributed by atoms with Gasteiger partial charge < -0.3 is 14.5 Å². The number of carbonyl (C=O) groups is 2. The number of carboxylic acids is 1. The molecular weight excluding hydrogens is 274 g/mol. The van der Waals surface area contributed by atoms with Crippen LogP contribution >= 0.6 is 0 Å². The van der Waals surface area contributed by atoms with Crippen molar-refractivity contribution in [2.75, 3.05) is 6.54 Å². The molecule has 0 aliphatic carbocycles. The van der Waals surface area contributed by atoms with Gasteiger partial charge in [0, 0.05) is 30.1 Å². The van der Waals surface area contributed by atoms with Gasteiger partial charge in [0.05, 0.1) is 0 Å². The zero-order valence-corrected chi connectivity index (χ0v) is 11.7. The molecule has 7 heteroatoms. The number of aliphatic carboxylic acids is 1. The summed E-state index contributed by atoms with van der Waals surface area (Å²) >= 11 is 0. The van der Waals surface area contributed by atoms with Gasteiger partial charge >= 0.3 is 5.97 Å². The molecule has 0 fully saturated rings. The third-order valence-electron chi connectivity index (χ3n) is 2.88. The number of hydrogen-bond acceptors (Lipinski definition) is 5. The smallest absolute Gasteiger partial charge is 0.323 e. The van der Waals surface area contributed by atoms with E-state index in [0.29, 0.717) is 5.76 Å². The van der Waals surface area contributed by atoms with E-state index in [1.54, 1.807) is 38.4 Å². The van der Waals surface area contributed by atoms with Crippen LogP contribution in [0.5, 0.6) is 0 Å². The Balaban J connectivity index is 2.23. The third-order valence-corrected chi connectivity index (χ3v) is 2.88. The van der Waals surface area contributed by atoms with Crippen LogP contribution in [0.3, 0.4) is 0 Å². The number of hydrogen-bond donors (Lipinski definition) is 1. The highest BCUT2D eigenvalue weighted by molar-refractivity contribution is 5.95. The van der Waals surface area contributed by atoms with E-state index in [4.69, 9.17) is 9.63 Å². The first-order valence-corrected chi connectivity index (χ1v) is 6.39. The van der Waals surface area contributed by atoms with Gasteiger partial charge in [-0.1, -0.05) is 5.16 Å². The molecule has 2 heterocycles. The topological polar surface area (TPSA) is 96.5 Å². The van der Waals surface area contributed by atoms with Gasteiger partial charge in [0.1, 0.15) is 6.54 Å². The quantitative estimate of drug-likeness (QED) is 0.899. The van der Waals surface area contributed by atoms with Crippen molar-refractivity contribution < 1.29 is 19.2 Å². The van der Waals surface area contributed by atoms with E-state index in [1.807, 2.05) is 0 Å². The average Bonchev–Trinajstić information content (AvgIpc) is 2.94. The minimum atomic E-state index is -1.07. The Morgan fingerprint density at radius 3 is 2.57 bits per heavy atom. The molecule has 110 valence electrons. The summed E-state index contributed by atoms with van der Waals surface area (Å²) in [4.78, 5) is 28.2. The minimum Gasteiger partial charge on any atom is -0.480 e. The monoisotopic (exact) mass is 289 g/mol. The summed E-state index contributed by atoms with van der Waals surface area (Å²) < 4.78 is 5.13. The van der Waals surface area contributed by atoms with E-state index in [-0.39, 0.29) is 18.3 Å². The normalized spacial score (nSPS) is 10.6. The molecule has 1 amide bonds. The second kappa shape index (κ2) is 6.17. The molecular formula is C14H15N3O4. The highest BCUT2D eigenvalue weighted by atomic mass is 16.5. The van der Waals surface area contributed by atoms with E-state index in [2.05, 4.69) is 10.1 Å². The maximum Gasteiger partial charge on any atom is 0.323 e. The van der Waals surface area contributed by atoms with Crippen molar-refractivity contribution in [1.82, 2.24) is 15.0 Å². The average molecular weight is 289 g/mol. The van der Waals surface area contributed by atoms with Gasteiger partial charge in [-0.3, -0.25) is 14.6 Å². The van der Waals surface area contributed by atoms with Crippen molar-refractivity contribution in [2.45, 2.75) is 19.9 Å². The van der Waals surface area contributed by atoms with Crippen LogP contribution < -0.4 is 0 Å². The number of carbonyl (C=O) groups excluding carboxylic acids is 1. The summed E-state index contributed by atoms with van der Waals surface area (Å²) in [5.74, 6) is -1.12. The Kier molecular flexibility index (Phi) is 4.32. The number of aromatic nitrogens is 2. The maximum absolute atomic E-state index is 12.3. The van der Waals surface area contributed by atoms with Crippen molar-refractivity contribution in [1.29, 1.82) is 0 Å². The van der Waals surface area contributed by atoms with Crippen molar-refractivity contribution >= 4 is 11.9 Å². The third kappa shape index (κ3) is 3.44. The standard InChI is InChI=1S/C14H15N3O4/c1-9(2)17(8-13(18)19)14(20)11-7-12(21-16-11)10-3-5-15-6-4-10/h3-7,9H,8H2,1-2H3,(H,18,19). The van der Waals surface area contributed by atoms with Crippen LogP contribution in [0.25, 0.3) is 11.3 Å². The zero-order valence-electron chi connectivity index (χ0n) is 11.7. The molecule has 0 atom stereocenters. The van der Waals surface area contributed by atoms with Crippen LogP contribution in [0.2, 0.25) is 0 Å². The lowest BCUT2D eigenvalue weighted by atomic mass is 10.2. The summed E-state index contributed by atoms with van der Waals surface area (Å²) in [5, 5.41) is 12.6. The lowest BCUT2D eigenvalue weighted by Crippen LogP contribution is -2.40. The van der Waals surface area contributed by atoms with Gasteiger partial charge in [-0.05, 0) is 26.0 Å². The first kappa shape index (κ1) is 14.7. The first-order valence-electron chi connectivity index (χ1n) is 6.39. The molecule has 7 nitrogen and oxygen atoms in total. The highest BCUT2D eigenvalue weighted by Crippen LogP contribution is 2.20. The van der Waals surface area contributed by atoms with Crippen LogP contribution in [-0.4, -0.2) is 44.6 Å². The second-order valence-corrected chi connectivity index (χ2v) is 4.73. The molecule has 0 radical (unpaired) electrons. The summed E-state index contributed by atoms with van der Waals surface area (Å²) in [5.41, 5.74) is 0.822. The molecule has 0 saturated heterocycles. The fourth-order valence-corrected chi connectivity index (χ4v) is 1.81. The van der Waals surface area contributed by atoms with Crippen LogP contribution in [0.15, 0.2) is 35.1 Å². The molecule has 2 aromatic rings. The largest absolute Gasteiger partial charge is 0.480 e. The lowest BCUT2D eigenvalue weighted by Gasteiger charge is -2.23. The fourth-order valence-electron chi connectivity index (χ4n) is 1.81. The number of pyridine rings is 1. The van der Waals surface area contributed by atoms with Gasteiger partial charge in [0.15, 0.2) is 11.5 Å². The highest BCUT2D eigenvalue weighted by Gasteiger charge is 2.24. The van der Waals surface area contributed by atoms with E-state index in [9.17, 15) is 9.59 Å². The van der Waals surface area contributed by atoms with Gasteiger partial charge in [0.2, 0.25) is 0 Å². The second-order valence-electron chi connectivity index (χ2n) is 4.73. The molecule has 2 rings (SSSR count). The molecule has 21 heavy (non-hydrogen) atoms. The van der Waals surface area contributed by atoms with Crippen LogP contribution in [-0.2, 0) is 4.79 Å². The summed E-state index contributed by atoms with van der Waals surface area (Å²) in [6.07, 6.45) is 3.20. The fraction of sp³-hybridized carbons (Fsp3) is 0.286. The molecule has 1 N–H and O–H groups in total. The SMILES string of the molecule is CC(C)N(CC(=O)O)C(=O)c1cc(-c2ccncc2)on1. The van der Waals surface area contributed by atoms with Crippen LogP contribution in [0.4, 0.5) is 0 Å². The van der Waals surface area contributed by atoms with E-state index < -0.39 is 11.9 Å². The van der Waals surface area contributed by atoms with Gasteiger partial charge in [-0.25, -0.2) is 0 Å². The Morgan fingerprint density at radius 1 is 1.33 bits per heavy atom. The van der Waals surface area contributed by atoms with Crippen LogP contribution in [0, 0.1) is 0 Å². The van der Waals surface area contributed by atoms with Crippen molar-refractivity contribution in [3.8, 4) is 11.3 Å². The Bertz CT molecular complexity index is 637. The van der Waals surface area contributed by atoms with Gasteiger partial charge in [0.25, 0.3) is 5.91 Å². The maximum atomic E-state index is 12.3. The van der Waals surface area contributed by atoms with E-state index in [0.717, 1.165) is 5.56 Å². The number of carboxylic acid groups (broad SMARTS) is 1. The molecule has 0 bridgehead atoms. The van der Waals surface area contributed by atoms with Crippen molar-refractivity contribution in [3.05, 3.63) is 36.3 Å². The number of rotatable bonds is 5. The lowest BCUT2D eigenvalue weighted by molar-refractivity contribution is -0.138. The van der Waals surface area contributed by atoms with Crippen molar-refractivity contribution in [2.24, 2.45) is 0 Å². The molecule has 0 aliphatic rings. The molecule has 2 aromatic heterocycles. The Hall–Kier alpha value is -2.70. The van der Waals surface area contributed by atoms with Crippen LogP contribution in [0.1, 0.15) is 24.3 Å². The molecule has 0 aromatic carbocycles. The predicted octanol–water partition coefficient (Wildman–Crippen LogP) is 1.67. The summed E-state index contributed by atoms with van der Waals surface area (Å²) in [6.45, 7) is 3.10. The summed E-state index contributed by atoms with van der Waals surface area (Å²) in [6, 6.07) is 4.70. The minimum absolute atomic E-state index is 0.0803. The molecule has 0 unspecified atom stereocenters. The van der Waals surface area contributed by atoms with Crippen molar-refractivity contribution in [3.63, 3.8) is 0 Å². The number of nitrogens with zero attached hydrogens (tertiary/aromatic N) is 3. The Morgan fingerprint density at radius 2 is 2.00 bits per heavy atom. The predicted molar refractivity (Wildman–Crippen MR) is 73.5 cm³/mol. The molecule has 0 spiro atoms. The van der Waals surface area contributed by atoms with Gasteiger partial charge in [-0.15, -0.1) is 0 Å².